The lowest BCUT2D eigenvalue weighted by molar-refractivity contribution is 0.598. The Morgan fingerprint density at radius 3 is 2.36 bits per heavy atom. The Morgan fingerprint density at radius 2 is 1.79 bits per heavy atom. The average Bonchev–Trinajstić information content (AvgIpc) is 2.19. The van der Waals surface area contributed by atoms with Crippen LogP contribution >= 0.6 is 0 Å². The number of unbranched alkanes of at least 4 members (excludes halogenated alkanes) is 2. The maximum absolute atomic E-state index is 5.65. The highest BCUT2D eigenvalue weighted by molar-refractivity contribution is 5.40. The molecule has 1 rings (SSSR count). The predicted molar refractivity (Wildman–Crippen MR) is 63.4 cm³/mol. The van der Waals surface area contributed by atoms with Crippen molar-refractivity contribution >= 4 is 5.69 Å². The molecule has 0 spiro atoms. The molecule has 0 bridgehead atoms. The van der Waals surface area contributed by atoms with Gasteiger partial charge in [-0.3, -0.25) is 0 Å². The van der Waals surface area contributed by atoms with Gasteiger partial charge in [-0.15, -0.1) is 0 Å². The first kappa shape index (κ1) is 11.1. The minimum Gasteiger partial charge on any atom is -0.399 e. The molecular formula is C13H21N. The zero-order valence-electron chi connectivity index (χ0n) is 9.29. The Labute approximate surface area is 87.3 Å². The molecule has 0 saturated carbocycles. The fourth-order valence-electron chi connectivity index (χ4n) is 1.69. The van der Waals surface area contributed by atoms with E-state index in [-0.39, 0.29) is 0 Å². The molecule has 0 heterocycles. The van der Waals surface area contributed by atoms with Gasteiger partial charge >= 0.3 is 0 Å². The molecule has 0 aromatic heterocycles. The molecule has 1 aromatic carbocycles. The SMILES string of the molecule is CCCCC[C@@H](C)c1ccc(N)cc1. The molecular weight excluding hydrogens is 170 g/mol. The van der Waals surface area contributed by atoms with Crippen LogP contribution < -0.4 is 5.73 Å². The van der Waals surface area contributed by atoms with Gasteiger partial charge in [-0.05, 0) is 30.0 Å². The Hall–Kier alpha value is -0.980. The summed E-state index contributed by atoms with van der Waals surface area (Å²) in [4.78, 5) is 0. The lowest BCUT2D eigenvalue weighted by atomic mass is 9.95. The maximum Gasteiger partial charge on any atom is 0.0314 e. The van der Waals surface area contributed by atoms with Gasteiger partial charge in [0.2, 0.25) is 0 Å². The van der Waals surface area contributed by atoms with Crippen molar-refractivity contribution in [3.63, 3.8) is 0 Å². The van der Waals surface area contributed by atoms with Gasteiger partial charge in [0.1, 0.15) is 0 Å². The highest BCUT2D eigenvalue weighted by Crippen LogP contribution is 2.22. The molecule has 1 nitrogen and oxygen atoms in total. The van der Waals surface area contributed by atoms with Crippen LogP contribution in [0, 0.1) is 0 Å². The second kappa shape index (κ2) is 5.69. The summed E-state index contributed by atoms with van der Waals surface area (Å²) < 4.78 is 0. The van der Waals surface area contributed by atoms with Crippen LogP contribution in [0.15, 0.2) is 24.3 Å². The van der Waals surface area contributed by atoms with Crippen LogP contribution in [0.25, 0.3) is 0 Å². The Morgan fingerprint density at radius 1 is 1.14 bits per heavy atom. The van der Waals surface area contributed by atoms with Gasteiger partial charge in [-0.2, -0.15) is 0 Å². The van der Waals surface area contributed by atoms with E-state index in [1.165, 1.54) is 31.2 Å². The molecule has 1 aromatic rings. The molecule has 0 saturated heterocycles. The first-order valence-electron chi connectivity index (χ1n) is 5.59. The van der Waals surface area contributed by atoms with Gasteiger partial charge in [0, 0.05) is 5.69 Å². The summed E-state index contributed by atoms with van der Waals surface area (Å²) in [7, 11) is 0. The summed E-state index contributed by atoms with van der Waals surface area (Å²) in [6, 6.07) is 8.27. The molecule has 0 aliphatic rings. The van der Waals surface area contributed by atoms with Crippen LogP contribution in [-0.4, -0.2) is 0 Å². The normalized spacial score (nSPS) is 12.7. The fourth-order valence-corrected chi connectivity index (χ4v) is 1.69. The van der Waals surface area contributed by atoms with E-state index in [9.17, 15) is 0 Å². The van der Waals surface area contributed by atoms with Crippen LogP contribution in [0.2, 0.25) is 0 Å². The zero-order valence-corrected chi connectivity index (χ0v) is 9.29. The van der Waals surface area contributed by atoms with Crippen LogP contribution in [0.1, 0.15) is 51.0 Å². The minimum absolute atomic E-state index is 0.669. The first-order valence-corrected chi connectivity index (χ1v) is 5.59. The molecule has 2 N–H and O–H groups in total. The number of hydrogen-bond acceptors (Lipinski definition) is 1. The number of rotatable bonds is 5. The average molecular weight is 191 g/mol. The molecule has 14 heavy (non-hydrogen) atoms. The Bertz CT molecular complexity index is 250. The summed E-state index contributed by atoms with van der Waals surface area (Å²) in [6.45, 7) is 4.54. The molecule has 1 atom stereocenters. The lowest BCUT2D eigenvalue weighted by Crippen LogP contribution is -1.94. The van der Waals surface area contributed by atoms with Crippen LogP contribution in [0.5, 0.6) is 0 Å². The van der Waals surface area contributed by atoms with Crippen molar-refractivity contribution in [2.45, 2.75) is 45.4 Å². The summed E-state index contributed by atoms with van der Waals surface area (Å²) in [5.41, 5.74) is 7.92. The minimum atomic E-state index is 0.669. The second-order valence-corrected chi connectivity index (χ2v) is 4.06. The lowest BCUT2D eigenvalue weighted by Gasteiger charge is -2.11. The Balaban J connectivity index is 2.43. The zero-order chi connectivity index (χ0) is 10.4. The van der Waals surface area contributed by atoms with E-state index in [0.717, 1.165) is 5.69 Å². The van der Waals surface area contributed by atoms with Crippen LogP contribution in [0.4, 0.5) is 5.69 Å². The van der Waals surface area contributed by atoms with Gasteiger partial charge < -0.3 is 5.73 Å². The van der Waals surface area contributed by atoms with Gasteiger partial charge in [-0.1, -0.05) is 45.2 Å². The quantitative estimate of drug-likeness (QED) is 0.553. The number of anilines is 1. The maximum atomic E-state index is 5.65. The molecule has 0 fully saturated rings. The van der Waals surface area contributed by atoms with Crippen molar-refractivity contribution in [2.75, 3.05) is 5.73 Å². The third kappa shape index (κ3) is 3.41. The second-order valence-electron chi connectivity index (χ2n) is 4.06. The number of benzene rings is 1. The van der Waals surface area contributed by atoms with E-state index in [2.05, 4.69) is 26.0 Å². The van der Waals surface area contributed by atoms with E-state index in [1.54, 1.807) is 0 Å². The van der Waals surface area contributed by atoms with Crippen molar-refractivity contribution < 1.29 is 0 Å². The fraction of sp³-hybridized carbons (Fsp3) is 0.538. The Kier molecular flexibility index (Phi) is 4.51. The molecule has 0 unspecified atom stereocenters. The largest absolute Gasteiger partial charge is 0.399 e. The van der Waals surface area contributed by atoms with E-state index in [1.807, 2.05) is 12.1 Å². The molecule has 78 valence electrons. The third-order valence-corrected chi connectivity index (χ3v) is 2.75. The van der Waals surface area contributed by atoms with Gasteiger partial charge in [0.05, 0.1) is 0 Å². The standard InChI is InChI=1S/C13H21N/c1-3-4-5-6-11(2)12-7-9-13(14)10-8-12/h7-11H,3-6,14H2,1-2H3/t11-/m1/s1. The van der Waals surface area contributed by atoms with E-state index in [4.69, 9.17) is 5.73 Å². The molecule has 0 aliphatic carbocycles. The van der Waals surface area contributed by atoms with E-state index in [0.29, 0.717) is 5.92 Å². The van der Waals surface area contributed by atoms with Crippen LogP contribution in [0.3, 0.4) is 0 Å². The van der Waals surface area contributed by atoms with Crippen molar-refractivity contribution in [3.8, 4) is 0 Å². The van der Waals surface area contributed by atoms with Crippen molar-refractivity contribution in [2.24, 2.45) is 0 Å². The van der Waals surface area contributed by atoms with E-state index >= 15 is 0 Å². The summed E-state index contributed by atoms with van der Waals surface area (Å²) in [6.07, 6.45) is 5.27. The predicted octanol–water partition coefficient (Wildman–Crippen LogP) is 3.95. The van der Waals surface area contributed by atoms with Gasteiger partial charge in [-0.25, -0.2) is 0 Å². The monoisotopic (exact) mass is 191 g/mol. The van der Waals surface area contributed by atoms with Crippen molar-refractivity contribution in [3.05, 3.63) is 29.8 Å². The molecule has 0 amide bonds. The number of hydrogen-bond donors (Lipinski definition) is 1. The summed E-state index contributed by atoms with van der Waals surface area (Å²) in [5.74, 6) is 0.669. The van der Waals surface area contributed by atoms with E-state index < -0.39 is 0 Å². The van der Waals surface area contributed by atoms with Crippen molar-refractivity contribution in [1.82, 2.24) is 0 Å². The third-order valence-electron chi connectivity index (χ3n) is 2.75. The molecule has 1 heteroatoms. The highest BCUT2D eigenvalue weighted by atomic mass is 14.5. The first-order chi connectivity index (χ1) is 6.74. The number of nitrogen functional groups attached to an aromatic ring is 1. The smallest absolute Gasteiger partial charge is 0.0314 e. The number of nitrogens with two attached hydrogens (primary N) is 1. The van der Waals surface area contributed by atoms with Gasteiger partial charge in [0.15, 0.2) is 0 Å². The van der Waals surface area contributed by atoms with Gasteiger partial charge in [0.25, 0.3) is 0 Å². The highest BCUT2D eigenvalue weighted by Gasteiger charge is 2.03. The molecule has 0 radical (unpaired) electrons. The summed E-state index contributed by atoms with van der Waals surface area (Å²) in [5, 5.41) is 0. The summed E-state index contributed by atoms with van der Waals surface area (Å²) >= 11 is 0. The topological polar surface area (TPSA) is 26.0 Å². The van der Waals surface area contributed by atoms with Crippen LogP contribution in [-0.2, 0) is 0 Å². The molecule has 0 aliphatic heterocycles. The van der Waals surface area contributed by atoms with Crippen molar-refractivity contribution in [1.29, 1.82) is 0 Å².